The third kappa shape index (κ3) is 4.43. The van der Waals surface area contributed by atoms with Crippen LogP contribution in [0.5, 0.6) is 0 Å². The van der Waals surface area contributed by atoms with Crippen LogP contribution in [0.3, 0.4) is 0 Å². The lowest BCUT2D eigenvalue weighted by atomic mass is 9.97. The molecule has 50 heavy (non-hydrogen) atoms. The predicted molar refractivity (Wildman–Crippen MR) is 211 cm³/mol. The first-order chi connectivity index (χ1) is 24.8. The zero-order valence-corrected chi connectivity index (χ0v) is 27.4. The standard InChI is InChI=1S/C48H32N2/c1-4-14-33(15-5-1)35-24-27-38(28-25-35)49-44-22-12-10-20-39(44)41-29-30-42-40-21-11-13-23-45(40)50(48(42)47(41)49)46-31-26-37(34-16-6-2-7-17-34)32-43(46)36-18-8-3-9-19-36/h1-32H. The van der Waals surface area contributed by atoms with Crippen LogP contribution in [0.1, 0.15) is 0 Å². The summed E-state index contributed by atoms with van der Waals surface area (Å²) in [6.45, 7) is 0. The Morgan fingerprint density at radius 1 is 0.280 bits per heavy atom. The van der Waals surface area contributed by atoms with Crippen molar-refractivity contribution in [1.29, 1.82) is 0 Å². The van der Waals surface area contributed by atoms with Gasteiger partial charge in [0.05, 0.1) is 27.8 Å². The molecule has 0 aliphatic rings. The number of para-hydroxylation sites is 2. The molecule has 8 aromatic carbocycles. The Kier molecular flexibility index (Phi) is 6.53. The molecule has 2 heteroatoms. The summed E-state index contributed by atoms with van der Waals surface area (Å²) in [7, 11) is 0. The van der Waals surface area contributed by atoms with Gasteiger partial charge in [0, 0.05) is 32.8 Å². The lowest BCUT2D eigenvalue weighted by Crippen LogP contribution is -2.01. The molecule has 0 bridgehead atoms. The van der Waals surface area contributed by atoms with Gasteiger partial charge < -0.3 is 9.13 Å². The van der Waals surface area contributed by atoms with Gasteiger partial charge in [-0.3, -0.25) is 0 Å². The topological polar surface area (TPSA) is 9.86 Å². The van der Waals surface area contributed by atoms with Gasteiger partial charge in [-0.1, -0.05) is 158 Å². The van der Waals surface area contributed by atoms with E-state index in [0.29, 0.717) is 0 Å². The smallest absolute Gasteiger partial charge is 0.0789 e. The molecule has 0 saturated heterocycles. The molecule has 2 nitrogen and oxygen atoms in total. The number of benzene rings is 8. The van der Waals surface area contributed by atoms with Gasteiger partial charge in [-0.15, -0.1) is 0 Å². The Hall–Kier alpha value is -6.64. The lowest BCUT2D eigenvalue weighted by molar-refractivity contribution is 1.15. The molecule has 0 aliphatic heterocycles. The van der Waals surface area contributed by atoms with E-state index in [0.717, 1.165) is 11.4 Å². The summed E-state index contributed by atoms with van der Waals surface area (Å²) in [5.41, 5.74) is 14.3. The van der Waals surface area contributed by atoms with Gasteiger partial charge in [0.25, 0.3) is 0 Å². The van der Waals surface area contributed by atoms with Crippen LogP contribution in [0, 0.1) is 0 Å². The van der Waals surface area contributed by atoms with Crippen LogP contribution in [0.2, 0.25) is 0 Å². The van der Waals surface area contributed by atoms with Crippen molar-refractivity contribution in [1.82, 2.24) is 9.13 Å². The predicted octanol–water partition coefficient (Wildman–Crippen LogP) is 12.9. The highest BCUT2D eigenvalue weighted by Crippen LogP contribution is 2.44. The van der Waals surface area contributed by atoms with Crippen LogP contribution < -0.4 is 0 Å². The monoisotopic (exact) mass is 636 g/mol. The van der Waals surface area contributed by atoms with Crippen LogP contribution >= 0.6 is 0 Å². The highest BCUT2D eigenvalue weighted by molar-refractivity contribution is 6.24. The van der Waals surface area contributed by atoms with E-state index in [4.69, 9.17) is 0 Å². The van der Waals surface area contributed by atoms with Crippen LogP contribution in [0.4, 0.5) is 0 Å². The third-order valence-corrected chi connectivity index (χ3v) is 10.1. The molecule has 0 unspecified atom stereocenters. The average Bonchev–Trinajstić information content (AvgIpc) is 3.72. The Bertz CT molecular complexity index is 2820. The molecule has 2 aromatic heterocycles. The molecular formula is C48H32N2. The van der Waals surface area contributed by atoms with Crippen LogP contribution in [-0.4, -0.2) is 9.13 Å². The Morgan fingerprint density at radius 3 is 1.32 bits per heavy atom. The normalized spacial score (nSPS) is 11.6. The van der Waals surface area contributed by atoms with E-state index in [9.17, 15) is 0 Å². The quantitative estimate of drug-likeness (QED) is 0.178. The van der Waals surface area contributed by atoms with Crippen molar-refractivity contribution in [3.05, 3.63) is 194 Å². The number of nitrogens with zero attached hydrogens (tertiary/aromatic N) is 2. The van der Waals surface area contributed by atoms with Crippen molar-refractivity contribution in [2.24, 2.45) is 0 Å². The van der Waals surface area contributed by atoms with E-state index < -0.39 is 0 Å². The fraction of sp³-hybridized carbons (Fsp3) is 0. The number of fused-ring (bicyclic) bond motifs is 7. The Morgan fingerprint density at radius 2 is 0.720 bits per heavy atom. The summed E-state index contributed by atoms with van der Waals surface area (Å²) in [6.07, 6.45) is 0. The minimum atomic E-state index is 1.14. The molecule has 10 aromatic rings. The molecule has 234 valence electrons. The van der Waals surface area contributed by atoms with E-state index in [2.05, 4.69) is 203 Å². The second-order valence-corrected chi connectivity index (χ2v) is 12.9. The lowest BCUT2D eigenvalue weighted by Gasteiger charge is -2.17. The van der Waals surface area contributed by atoms with Crippen molar-refractivity contribution in [2.45, 2.75) is 0 Å². The van der Waals surface area contributed by atoms with Gasteiger partial charge in [0.2, 0.25) is 0 Å². The summed E-state index contributed by atoms with van der Waals surface area (Å²) < 4.78 is 4.98. The van der Waals surface area contributed by atoms with Gasteiger partial charge in [0.1, 0.15) is 0 Å². The highest BCUT2D eigenvalue weighted by atomic mass is 15.0. The maximum Gasteiger partial charge on any atom is 0.0789 e. The van der Waals surface area contributed by atoms with Gasteiger partial charge in [0.15, 0.2) is 0 Å². The van der Waals surface area contributed by atoms with Gasteiger partial charge in [-0.2, -0.15) is 0 Å². The van der Waals surface area contributed by atoms with Crippen LogP contribution in [0.15, 0.2) is 194 Å². The molecule has 10 rings (SSSR count). The minimum absolute atomic E-state index is 1.14. The van der Waals surface area contributed by atoms with E-state index in [1.807, 2.05) is 0 Å². The summed E-state index contributed by atoms with van der Waals surface area (Å²) in [6, 6.07) is 70.4. The first-order valence-corrected chi connectivity index (χ1v) is 17.2. The summed E-state index contributed by atoms with van der Waals surface area (Å²) in [5.74, 6) is 0. The summed E-state index contributed by atoms with van der Waals surface area (Å²) in [5, 5.41) is 4.97. The first-order valence-electron chi connectivity index (χ1n) is 17.2. The minimum Gasteiger partial charge on any atom is -0.307 e. The Labute approximate surface area is 290 Å². The zero-order valence-electron chi connectivity index (χ0n) is 27.4. The molecule has 0 atom stereocenters. The molecule has 0 N–H and O–H groups in total. The molecule has 0 amide bonds. The first kappa shape index (κ1) is 28.4. The largest absolute Gasteiger partial charge is 0.307 e. The fourth-order valence-electron chi connectivity index (χ4n) is 7.84. The van der Waals surface area contributed by atoms with Crippen LogP contribution in [0.25, 0.3) is 88.4 Å². The fourth-order valence-corrected chi connectivity index (χ4v) is 7.84. The van der Waals surface area contributed by atoms with E-state index in [1.165, 1.54) is 77.0 Å². The van der Waals surface area contributed by atoms with Crippen molar-refractivity contribution in [2.75, 3.05) is 0 Å². The van der Waals surface area contributed by atoms with Crippen LogP contribution in [-0.2, 0) is 0 Å². The number of hydrogen-bond donors (Lipinski definition) is 0. The number of rotatable bonds is 5. The summed E-state index contributed by atoms with van der Waals surface area (Å²) in [4.78, 5) is 0. The van der Waals surface area contributed by atoms with Crippen molar-refractivity contribution in [3.8, 4) is 44.8 Å². The highest BCUT2D eigenvalue weighted by Gasteiger charge is 2.22. The summed E-state index contributed by atoms with van der Waals surface area (Å²) >= 11 is 0. The second kappa shape index (κ2) is 11.5. The van der Waals surface area contributed by atoms with Gasteiger partial charge in [-0.05, 0) is 64.2 Å². The van der Waals surface area contributed by atoms with E-state index >= 15 is 0 Å². The van der Waals surface area contributed by atoms with Crippen molar-refractivity contribution < 1.29 is 0 Å². The number of aromatic nitrogens is 2. The molecule has 0 fully saturated rings. The molecule has 2 heterocycles. The molecule has 0 radical (unpaired) electrons. The number of hydrogen-bond acceptors (Lipinski definition) is 0. The average molecular weight is 637 g/mol. The molecular weight excluding hydrogens is 605 g/mol. The molecule has 0 aliphatic carbocycles. The zero-order chi connectivity index (χ0) is 33.0. The maximum atomic E-state index is 2.51. The van der Waals surface area contributed by atoms with Gasteiger partial charge >= 0.3 is 0 Å². The SMILES string of the molecule is c1ccc(-c2ccc(-n3c4ccccc4c4ccc5c6ccccc6n(-c6ccc(-c7ccccc7)cc6-c6ccccc6)c5c43)cc2)cc1. The second-order valence-electron chi connectivity index (χ2n) is 12.9. The van der Waals surface area contributed by atoms with Crippen molar-refractivity contribution >= 4 is 43.6 Å². The van der Waals surface area contributed by atoms with Gasteiger partial charge in [-0.25, -0.2) is 0 Å². The molecule has 0 spiro atoms. The molecule has 0 saturated carbocycles. The van der Waals surface area contributed by atoms with E-state index in [1.54, 1.807) is 0 Å². The van der Waals surface area contributed by atoms with E-state index in [-0.39, 0.29) is 0 Å². The maximum absolute atomic E-state index is 2.51. The Balaban J connectivity index is 1.33. The van der Waals surface area contributed by atoms with Crippen molar-refractivity contribution in [3.63, 3.8) is 0 Å². The third-order valence-electron chi connectivity index (χ3n) is 10.1.